The number of aryl methyl sites for hydroxylation is 1. The molecule has 2 aromatic heterocycles. The van der Waals surface area contributed by atoms with Crippen LogP contribution in [-0.2, 0) is 11.0 Å². The highest BCUT2D eigenvalue weighted by molar-refractivity contribution is 5.96. The van der Waals surface area contributed by atoms with Crippen molar-refractivity contribution in [3.05, 3.63) is 83.8 Å². The lowest BCUT2D eigenvalue weighted by Gasteiger charge is -2.41. The number of ether oxygens (including phenoxy) is 1. The molecule has 8 nitrogen and oxygen atoms in total. The van der Waals surface area contributed by atoms with Gasteiger partial charge >= 0.3 is 6.18 Å². The molecular weight excluding hydrogens is 499 g/mol. The molecule has 0 bridgehead atoms. The fraction of sp³-hybridized carbons (Fsp3) is 0.333. The molecule has 1 unspecified atom stereocenters. The average Bonchev–Trinajstić information content (AvgIpc) is 2.92. The fourth-order valence-electron chi connectivity index (χ4n) is 4.32. The van der Waals surface area contributed by atoms with Crippen molar-refractivity contribution in [2.75, 3.05) is 31.5 Å². The number of likely N-dealkylation sites (tertiary alicyclic amines) is 1. The summed E-state index contributed by atoms with van der Waals surface area (Å²) in [4.78, 5) is 35.9. The van der Waals surface area contributed by atoms with E-state index in [-0.39, 0.29) is 26.1 Å². The van der Waals surface area contributed by atoms with Crippen LogP contribution in [-0.4, -0.2) is 58.5 Å². The number of halogens is 3. The van der Waals surface area contributed by atoms with Crippen molar-refractivity contribution in [1.29, 1.82) is 0 Å². The number of anilines is 1. The summed E-state index contributed by atoms with van der Waals surface area (Å²) in [6.45, 7) is 2.50. The summed E-state index contributed by atoms with van der Waals surface area (Å²) >= 11 is 0. The Bertz CT molecular complexity index is 1250. The summed E-state index contributed by atoms with van der Waals surface area (Å²) in [7, 11) is 0. The van der Waals surface area contributed by atoms with E-state index in [0.29, 0.717) is 24.5 Å². The molecule has 1 atom stereocenters. The van der Waals surface area contributed by atoms with Crippen LogP contribution in [0.2, 0.25) is 0 Å². The van der Waals surface area contributed by atoms with E-state index >= 15 is 0 Å². The monoisotopic (exact) mass is 527 g/mol. The number of hydrogen-bond donors (Lipinski definition) is 2. The number of nitrogens with one attached hydrogen (secondary N) is 2. The zero-order valence-corrected chi connectivity index (χ0v) is 20.8. The number of carbonyl (C=O) groups is 2. The lowest BCUT2D eigenvalue weighted by Crippen LogP contribution is -2.61. The zero-order chi connectivity index (χ0) is 27.2. The molecule has 1 aliphatic heterocycles. The number of pyridine rings is 2. The second-order valence-electron chi connectivity index (χ2n) is 9.06. The molecule has 1 aliphatic rings. The Kier molecular flexibility index (Phi) is 8.13. The van der Waals surface area contributed by atoms with Gasteiger partial charge < -0.3 is 20.3 Å². The Hall–Kier alpha value is -4.15. The number of amides is 2. The predicted molar refractivity (Wildman–Crippen MR) is 135 cm³/mol. The topological polar surface area (TPSA) is 96.5 Å². The summed E-state index contributed by atoms with van der Waals surface area (Å²) in [5.41, 5.74) is -2.13. The number of alkyl halides is 3. The normalized spacial score (nSPS) is 17.5. The first-order valence-corrected chi connectivity index (χ1v) is 12.2. The van der Waals surface area contributed by atoms with E-state index in [2.05, 4.69) is 20.6 Å². The molecular formula is C27H28F3N5O3. The molecule has 0 saturated carbocycles. The molecule has 11 heteroatoms. The van der Waals surface area contributed by atoms with Crippen molar-refractivity contribution in [3.63, 3.8) is 0 Å². The summed E-state index contributed by atoms with van der Waals surface area (Å²) in [6, 6.07) is 13.3. The van der Waals surface area contributed by atoms with Crippen LogP contribution in [0, 0.1) is 6.92 Å². The number of benzene rings is 1. The highest BCUT2D eigenvalue weighted by atomic mass is 19.4. The van der Waals surface area contributed by atoms with Crippen LogP contribution in [0.5, 0.6) is 5.75 Å². The lowest BCUT2D eigenvalue weighted by atomic mass is 9.90. The first-order chi connectivity index (χ1) is 18.2. The van der Waals surface area contributed by atoms with Gasteiger partial charge in [0.05, 0.1) is 17.7 Å². The summed E-state index contributed by atoms with van der Waals surface area (Å²) in [6.07, 6.45) is -0.538. The van der Waals surface area contributed by atoms with Gasteiger partial charge in [-0.15, -0.1) is 0 Å². The van der Waals surface area contributed by atoms with Crippen LogP contribution >= 0.6 is 0 Å². The van der Waals surface area contributed by atoms with Gasteiger partial charge in [0.15, 0.2) is 0 Å². The first-order valence-electron chi connectivity index (χ1n) is 12.2. The molecule has 2 amide bonds. The predicted octanol–water partition coefficient (Wildman–Crippen LogP) is 4.09. The Morgan fingerprint density at radius 1 is 1.08 bits per heavy atom. The molecule has 0 spiro atoms. The third kappa shape index (κ3) is 6.39. The molecule has 1 aromatic carbocycles. The highest BCUT2D eigenvalue weighted by Crippen LogP contribution is 2.34. The number of aromatic nitrogens is 2. The molecule has 3 heterocycles. The number of piperidine rings is 1. The van der Waals surface area contributed by atoms with Gasteiger partial charge in [-0.3, -0.25) is 14.6 Å². The maximum atomic E-state index is 13.6. The molecule has 38 heavy (non-hydrogen) atoms. The van der Waals surface area contributed by atoms with Crippen LogP contribution in [0.1, 0.15) is 34.3 Å². The Morgan fingerprint density at radius 3 is 2.58 bits per heavy atom. The van der Waals surface area contributed by atoms with Crippen LogP contribution in [0.15, 0.2) is 67.1 Å². The molecule has 1 fully saturated rings. The second kappa shape index (κ2) is 11.5. The Morgan fingerprint density at radius 2 is 1.87 bits per heavy atom. The van der Waals surface area contributed by atoms with Crippen molar-refractivity contribution in [2.24, 2.45) is 0 Å². The van der Waals surface area contributed by atoms with Crippen LogP contribution in [0.4, 0.5) is 19.0 Å². The number of nitrogens with zero attached hydrogens (tertiary/aromatic N) is 3. The van der Waals surface area contributed by atoms with E-state index < -0.39 is 34.7 Å². The van der Waals surface area contributed by atoms with Crippen LogP contribution in [0.25, 0.3) is 0 Å². The third-order valence-electron chi connectivity index (χ3n) is 6.23. The minimum Gasteiger partial charge on any atom is -0.476 e. The minimum absolute atomic E-state index is 0.179. The Balaban J connectivity index is 1.54. The maximum absolute atomic E-state index is 13.6. The standard InChI is InChI=1S/C27H28F3N5O3/c1-19-6-8-20(9-7-19)38-26(25(37)34-15-14-33-23-5-2-3-12-32-23)11-4-16-35(18-26)24(36)21-17-31-13-10-22(21)27(28,29)30/h2-3,5-10,12-13,17H,4,11,14-16,18H2,1H3,(H,32,33)(H,34,37). The lowest BCUT2D eigenvalue weighted by molar-refractivity contribution is -0.141. The number of carbonyl (C=O) groups excluding carboxylic acids is 2. The van der Waals surface area contributed by atoms with Gasteiger partial charge in [0, 0.05) is 38.2 Å². The minimum atomic E-state index is -4.73. The SMILES string of the molecule is Cc1ccc(OC2(C(=O)NCCNc3ccccn3)CCCN(C(=O)c3cnccc3C(F)(F)F)C2)cc1. The molecule has 1 saturated heterocycles. The maximum Gasteiger partial charge on any atom is 0.417 e. The van der Waals surface area contributed by atoms with Crippen molar-refractivity contribution in [2.45, 2.75) is 31.5 Å². The van der Waals surface area contributed by atoms with E-state index in [4.69, 9.17) is 4.74 Å². The quantitative estimate of drug-likeness (QED) is 0.429. The van der Waals surface area contributed by atoms with E-state index in [0.717, 1.165) is 24.0 Å². The number of rotatable bonds is 8. The first kappa shape index (κ1) is 26.9. The smallest absolute Gasteiger partial charge is 0.417 e. The largest absolute Gasteiger partial charge is 0.476 e. The molecule has 3 aromatic rings. The van der Waals surface area contributed by atoms with Gasteiger partial charge in [-0.1, -0.05) is 23.8 Å². The molecule has 200 valence electrons. The number of hydrogen-bond acceptors (Lipinski definition) is 6. The second-order valence-corrected chi connectivity index (χ2v) is 9.06. The van der Waals surface area contributed by atoms with E-state index in [1.165, 1.54) is 4.90 Å². The van der Waals surface area contributed by atoms with Gasteiger partial charge in [-0.2, -0.15) is 13.2 Å². The van der Waals surface area contributed by atoms with E-state index in [1.807, 2.05) is 25.1 Å². The highest BCUT2D eigenvalue weighted by Gasteiger charge is 2.47. The zero-order valence-electron chi connectivity index (χ0n) is 20.8. The summed E-state index contributed by atoms with van der Waals surface area (Å²) in [5, 5.41) is 5.94. The molecule has 4 rings (SSSR count). The molecule has 0 radical (unpaired) electrons. The van der Waals surface area contributed by atoms with Crippen molar-refractivity contribution in [3.8, 4) is 5.75 Å². The average molecular weight is 528 g/mol. The summed E-state index contributed by atoms with van der Waals surface area (Å²) in [5.74, 6) is -0.241. The molecule has 0 aliphatic carbocycles. The van der Waals surface area contributed by atoms with Crippen LogP contribution < -0.4 is 15.4 Å². The van der Waals surface area contributed by atoms with Gasteiger partial charge in [0.1, 0.15) is 11.6 Å². The fourth-order valence-corrected chi connectivity index (χ4v) is 4.32. The van der Waals surface area contributed by atoms with E-state index in [1.54, 1.807) is 30.5 Å². The van der Waals surface area contributed by atoms with Gasteiger partial charge in [0.25, 0.3) is 11.8 Å². The van der Waals surface area contributed by atoms with Crippen molar-refractivity contribution in [1.82, 2.24) is 20.2 Å². The van der Waals surface area contributed by atoms with Gasteiger partial charge in [-0.05, 0) is 50.1 Å². The van der Waals surface area contributed by atoms with Crippen LogP contribution in [0.3, 0.4) is 0 Å². The van der Waals surface area contributed by atoms with Crippen molar-refractivity contribution >= 4 is 17.6 Å². The van der Waals surface area contributed by atoms with Gasteiger partial charge in [0.2, 0.25) is 5.60 Å². The summed E-state index contributed by atoms with van der Waals surface area (Å²) < 4.78 is 46.9. The van der Waals surface area contributed by atoms with Crippen molar-refractivity contribution < 1.29 is 27.5 Å². The van der Waals surface area contributed by atoms with E-state index in [9.17, 15) is 22.8 Å². The Labute approximate surface area is 218 Å². The molecule has 2 N–H and O–H groups in total. The van der Waals surface area contributed by atoms with Gasteiger partial charge in [-0.25, -0.2) is 4.98 Å². The third-order valence-corrected chi connectivity index (χ3v) is 6.23.